The van der Waals surface area contributed by atoms with E-state index in [-0.39, 0.29) is 12.5 Å². The summed E-state index contributed by atoms with van der Waals surface area (Å²) in [5.74, 6) is 0.664. The smallest absolute Gasteiger partial charge is 0.319 e. The van der Waals surface area contributed by atoms with E-state index in [0.29, 0.717) is 6.73 Å². The number of para-hydroxylation sites is 1. The third-order valence-electron chi connectivity index (χ3n) is 2.35. The van der Waals surface area contributed by atoms with E-state index in [2.05, 4.69) is 4.74 Å². The van der Waals surface area contributed by atoms with Gasteiger partial charge in [-0.3, -0.25) is 9.69 Å². The number of rotatable bonds is 2. The highest BCUT2D eigenvalue weighted by Crippen LogP contribution is 2.23. The van der Waals surface area contributed by atoms with E-state index in [1.54, 1.807) is 0 Å². The summed E-state index contributed by atoms with van der Waals surface area (Å²) in [5.41, 5.74) is 1.10. The van der Waals surface area contributed by atoms with Crippen LogP contribution >= 0.6 is 0 Å². The van der Waals surface area contributed by atoms with Crippen LogP contribution in [0.5, 0.6) is 5.75 Å². The fraction of sp³-hybridized carbons (Fsp3) is 0.364. The lowest BCUT2D eigenvalue weighted by Gasteiger charge is -2.27. The molecule has 0 saturated carbocycles. The van der Waals surface area contributed by atoms with Crippen molar-refractivity contribution >= 4 is 5.97 Å². The second-order valence-electron chi connectivity index (χ2n) is 3.44. The Labute approximate surface area is 88.4 Å². The molecular weight excluding hydrogens is 194 g/mol. The maximum Gasteiger partial charge on any atom is 0.319 e. The second-order valence-corrected chi connectivity index (χ2v) is 3.44. The van der Waals surface area contributed by atoms with Crippen molar-refractivity contribution in [3.8, 4) is 5.75 Å². The van der Waals surface area contributed by atoms with Crippen LogP contribution in [0.25, 0.3) is 0 Å². The number of hydrogen-bond acceptors (Lipinski definition) is 4. The minimum atomic E-state index is -0.238. The van der Waals surface area contributed by atoms with E-state index in [4.69, 9.17) is 4.74 Å². The zero-order chi connectivity index (χ0) is 10.7. The molecule has 0 amide bonds. The maximum atomic E-state index is 11.1. The van der Waals surface area contributed by atoms with Gasteiger partial charge in [0, 0.05) is 12.1 Å². The third kappa shape index (κ3) is 2.27. The Bertz CT molecular complexity index is 365. The van der Waals surface area contributed by atoms with Crippen molar-refractivity contribution in [2.75, 3.05) is 20.4 Å². The third-order valence-corrected chi connectivity index (χ3v) is 2.35. The van der Waals surface area contributed by atoms with E-state index in [9.17, 15) is 4.79 Å². The molecule has 1 aliphatic rings. The SMILES string of the molecule is COC(=O)CN1COc2ccccc2C1. The van der Waals surface area contributed by atoms with Crippen molar-refractivity contribution in [1.29, 1.82) is 0 Å². The molecule has 1 aromatic carbocycles. The van der Waals surface area contributed by atoms with Gasteiger partial charge in [-0.2, -0.15) is 0 Å². The first-order chi connectivity index (χ1) is 7.29. The van der Waals surface area contributed by atoms with E-state index >= 15 is 0 Å². The average Bonchev–Trinajstić information content (AvgIpc) is 2.29. The minimum Gasteiger partial charge on any atom is -0.478 e. The summed E-state index contributed by atoms with van der Waals surface area (Å²) in [7, 11) is 1.39. The topological polar surface area (TPSA) is 38.8 Å². The number of benzene rings is 1. The molecule has 15 heavy (non-hydrogen) atoms. The quantitative estimate of drug-likeness (QED) is 0.678. The molecule has 1 heterocycles. The Balaban J connectivity index is 2.02. The molecule has 0 aromatic heterocycles. The molecule has 0 spiro atoms. The van der Waals surface area contributed by atoms with Crippen LogP contribution in [0.4, 0.5) is 0 Å². The zero-order valence-electron chi connectivity index (χ0n) is 8.60. The van der Waals surface area contributed by atoms with Crippen LogP contribution in [0, 0.1) is 0 Å². The summed E-state index contributed by atoms with van der Waals surface area (Å²) >= 11 is 0. The van der Waals surface area contributed by atoms with Crippen LogP contribution in [-0.2, 0) is 16.1 Å². The lowest BCUT2D eigenvalue weighted by atomic mass is 10.1. The predicted octanol–water partition coefficient (Wildman–Crippen LogP) is 1.01. The number of esters is 1. The molecule has 0 radical (unpaired) electrons. The molecule has 0 bridgehead atoms. The van der Waals surface area contributed by atoms with E-state index < -0.39 is 0 Å². The molecule has 1 aliphatic heterocycles. The van der Waals surface area contributed by atoms with Crippen LogP contribution in [0.3, 0.4) is 0 Å². The monoisotopic (exact) mass is 207 g/mol. The number of carbonyl (C=O) groups excluding carboxylic acids is 1. The van der Waals surface area contributed by atoms with Crippen LogP contribution < -0.4 is 4.74 Å². The molecular formula is C11H13NO3. The number of fused-ring (bicyclic) bond motifs is 1. The fourth-order valence-electron chi connectivity index (χ4n) is 1.57. The fourth-order valence-corrected chi connectivity index (χ4v) is 1.57. The Morgan fingerprint density at radius 1 is 1.53 bits per heavy atom. The Kier molecular flexibility index (Phi) is 2.87. The van der Waals surface area contributed by atoms with Gasteiger partial charge < -0.3 is 9.47 Å². The Hall–Kier alpha value is -1.55. The van der Waals surface area contributed by atoms with E-state index in [0.717, 1.165) is 17.9 Å². The first kappa shape index (κ1) is 9.98. The standard InChI is InChI=1S/C11H13NO3/c1-14-11(13)7-12-6-9-4-2-3-5-10(9)15-8-12/h2-5H,6-8H2,1H3. The molecule has 0 saturated heterocycles. The molecule has 4 nitrogen and oxygen atoms in total. The van der Waals surface area contributed by atoms with E-state index in [1.807, 2.05) is 29.2 Å². The number of nitrogens with zero attached hydrogens (tertiary/aromatic N) is 1. The molecule has 0 fully saturated rings. The van der Waals surface area contributed by atoms with Gasteiger partial charge in [0.05, 0.1) is 13.7 Å². The number of ether oxygens (including phenoxy) is 2. The van der Waals surface area contributed by atoms with Crippen LogP contribution in [0.2, 0.25) is 0 Å². The van der Waals surface area contributed by atoms with Gasteiger partial charge in [-0.15, -0.1) is 0 Å². The van der Waals surface area contributed by atoms with E-state index in [1.165, 1.54) is 7.11 Å². The molecule has 0 atom stereocenters. The molecule has 4 heteroatoms. The molecule has 0 N–H and O–H groups in total. The highest BCUT2D eigenvalue weighted by Gasteiger charge is 2.18. The van der Waals surface area contributed by atoms with Gasteiger partial charge in [0.15, 0.2) is 0 Å². The first-order valence-electron chi connectivity index (χ1n) is 4.79. The minimum absolute atomic E-state index is 0.238. The van der Waals surface area contributed by atoms with Gasteiger partial charge >= 0.3 is 5.97 Å². The predicted molar refractivity (Wildman–Crippen MR) is 54.4 cm³/mol. The Morgan fingerprint density at radius 2 is 2.33 bits per heavy atom. The molecule has 80 valence electrons. The number of methoxy groups -OCH3 is 1. The van der Waals surface area contributed by atoms with Crippen molar-refractivity contribution in [3.63, 3.8) is 0 Å². The van der Waals surface area contributed by atoms with Crippen LogP contribution in [-0.4, -0.2) is 31.3 Å². The second kappa shape index (κ2) is 4.31. The zero-order valence-corrected chi connectivity index (χ0v) is 8.60. The summed E-state index contributed by atoms with van der Waals surface area (Å²) in [6.07, 6.45) is 0. The van der Waals surface area contributed by atoms with Crippen molar-refractivity contribution in [1.82, 2.24) is 4.90 Å². The number of carbonyl (C=O) groups is 1. The molecule has 0 aliphatic carbocycles. The lowest BCUT2D eigenvalue weighted by Crippen LogP contribution is -2.36. The average molecular weight is 207 g/mol. The summed E-state index contributed by atoms with van der Waals surface area (Å²) < 4.78 is 10.1. The number of hydrogen-bond donors (Lipinski definition) is 0. The summed E-state index contributed by atoms with van der Waals surface area (Å²) in [6.45, 7) is 1.43. The maximum absolute atomic E-state index is 11.1. The summed E-state index contributed by atoms with van der Waals surface area (Å²) in [5, 5.41) is 0. The first-order valence-corrected chi connectivity index (χ1v) is 4.79. The van der Waals surface area contributed by atoms with Gasteiger partial charge in [-0.1, -0.05) is 18.2 Å². The van der Waals surface area contributed by atoms with Crippen LogP contribution in [0.15, 0.2) is 24.3 Å². The molecule has 0 unspecified atom stereocenters. The van der Waals surface area contributed by atoms with Gasteiger partial charge in [0.1, 0.15) is 12.5 Å². The van der Waals surface area contributed by atoms with Crippen molar-refractivity contribution < 1.29 is 14.3 Å². The van der Waals surface area contributed by atoms with Gasteiger partial charge in [0.2, 0.25) is 0 Å². The lowest BCUT2D eigenvalue weighted by molar-refractivity contribution is -0.143. The summed E-state index contributed by atoms with van der Waals surface area (Å²) in [6, 6.07) is 7.84. The van der Waals surface area contributed by atoms with Crippen LogP contribution in [0.1, 0.15) is 5.56 Å². The van der Waals surface area contributed by atoms with Crippen molar-refractivity contribution in [2.45, 2.75) is 6.54 Å². The normalized spacial score (nSPS) is 15.3. The highest BCUT2D eigenvalue weighted by molar-refractivity contribution is 5.71. The largest absolute Gasteiger partial charge is 0.478 e. The van der Waals surface area contributed by atoms with Crippen molar-refractivity contribution in [3.05, 3.63) is 29.8 Å². The van der Waals surface area contributed by atoms with Gasteiger partial charge in [-0.25, -0.2) is 0 Å². The summed E-state index contributed by atoms with van der Waals surface area (Å²) in [4.78, 5) is 13.0. The van der Waals surface area contributed by atoms with Gasteiger partial charge in [0.25, 0.3) is 0 Å². The van der Waals surface area contributed by atoms with Crippen molar-refractivity contribution in [2.24, 2.45) is 0 Å². The highest BCUT2D eigenvalue weighted by atomic mass is 16.5. The van der Waals surface area contributed by atoms with Gasteiger partial charge in [-0.05, 0) is 6.07 Å². The molecule has 1 aromatic rings. The molecule has 2 rings (SSSR count). The Morgan fingerprint density at radius 3 is 3.13 bits per heavy atom.